The Bertz CT molecular complexity index is 320. The van der Waals surface area contributed by atoms with Crippen molar-refractivity contribution in [1.82, 2.24) is 0 Å². The largest absolute Gasteiger partial charge is 0.383 e. The molecule has 1 aromatic rings. The Balaban J connectivity index is 2.57. The van der Waals surface area contributed by atoms with E-state index in [2.05, 4.69) is 35.8 Å². The van der Waals surface area contributed by atoms with Crippen molar-refractivity contribution in [3.05, 3.63) is 24.3 Å². The van der Waals surface area contributed by atoms with E-state index in [-0.39, 0.29) is 0 Å². The van der Waals surface area contributed by atoms with Crippen molar-refractivity contribution < 1.29 is 4.74 Å². The summed E-state index contributed by atoms with van der Waals surface area (Å²) in [6.07, 6.45) is 4.14. The van der Waals surface area contributed by atoms with E-state index in [1.807, 2.05) is 0 Å². The summed E-state index contributed by atoms with van der Waals surface area (Å²) in [7, 11) is 1.73. The fourth-order valence-electron chi connectivity index (χ4n) is 1.71. The molecule has 4 heteroatoms. The van der Waals surface area contributed by atoms with Crippen LogP contribution in [-0.4, -0.2) is 32.6 Å². The van der Waals surface area contributed by atoms with Gasteiger partial charge in [-0.3, -0.25) is 0 Å². The average Bonchev–Trinajstić information content (AvgIpc) is 2.36. The minimum atomic E-state index is 0.334. The molecule has 17 heavy (non-hydrogen) atoms. The number of ether oxygens (including phenoxy) is 1. The van der Waals surface area contributed by atoms with E-state index < -0.39 is 0 Å². The monoisotopic (exact) mass is 254 g/mol. The van der Waals surface area contributed by atoms with Gasteiger partial charge in [-0.25, -0.2) is 0 Å². The van der Waals surface area contributed by atoms with Crippen molar-refractivity contribution in [2.45, 2.75) is 23.8 Å². The molecule has 0 bridgehead atoms. The Labute approximate surface area is 108 Å². The highest BCUT2D eigenvalue weighted by Crippen LogP contribution is 2.20. The summed E-state index contributed by atoms with van der Waals surface area (Å²) in [6, 6.07) is 8.77. The van der Waals surface area contributed by atoms with Gasteiger partial charge in [-0.05, 0) is 43.8 Å². The van der Waals surface area contributed by atoms with Gasteiger partial charge in [-0.15, -0.1) is 11.8 Å². The van der Waals surface area contributed by atoms with Gasteiger partial charge in [-0.1, -0.05) is 6.07 Å². The maximum absolute atomic E-state index is 5.54. The smallest absolute Gasteiger partial charge is 0.0664 e. The Morgan fingerprint density at radius 3 is 2.94 bits per heavy atom. The van der Waals surface area contributed by atoms with Gasteiger partial charge in [0.1, 0.15) is 0 Å². The van der Waals surface area contributed by atoms with E-state index in [4.69, 9.17) is 10.5 Å². The maximum atomic E-state index is 5.54. The van der Waals surface area contributed by atoms with Gasteiger partial charge in [0.05, 0.1) is 6.61 Å². The van der Waals surface area contributed by atoms with Crippen molar-refractivity contribution in [2.24, 2.45) is 5.73 Å². The molecule has 1 unspecified atom stereocenters. The molecule has 0 amide bonds. The fourth-order valence-corrected chi connectivity index (χ4v) is 2.17. The zero-order valence-corrected chi connectivity index (χ0v) is 11.4. The second kappa shape index (κ2) is 8.39. The second-order valence-electron chi connectivity index (χ2n) is 3.96. The van der Waals surface area contributed by atoms with Crippen LogP contribution in [0, 0.1) is 0 Å². The van der Waals surface area contributed by atoms with Gasteiger partial charge in [0.2, 0.25) is 0 Å². The molecule has 0 aliphatic rings. The number of rotatable bonds is 8. The Morgan fingerprint density at radius 1 is 1.47 bits per heavy atom. The first kappa shape index (κ1) is 14.4. The third kappa shape index (κ3) is 5.44. The topological polar surface area (TPSA) is 47.3 Å². The first-order chi connectivity index (χ1) is 8.30. The molecular weight excluding hydrogens is 232 g/mol. The number of nitrogens with one attached hydrogen (secondary N) is 1. The molecule has 0 saturated heterocycles. The van der Waals surface area contributed by atoms with Crippen LogP contribution in [-0.2, 0) is 4.74 Å². The normalized spacial score (nSPS) is 12.4. The summed E-state index contributed by atoms with van der Waals surface area (Å²) in [5, 5.41) is 3.50. The lowest BCUT2D eigenvalue weighted by Crippen LogP contribution is -2.25. The molecule has 3 nitrogen and oxygen atoms in total. The molecule has 3 N–H and O–H groups in total. The highest BCUT2D eigenvalue weighted by atomic mass is 32.2. The summed E-state index contributed by atoms with van der Waals surface area (Å²) in [5.74, 6) is 0. The molecule has 0 saturated carbocycles. The summed E-state index contributed by atoms with van der Waals surface area (Å²) in [5.41, 5.74) is 6.69. The lowest BCUT2D eigenvalue weighted by Gasteiger charge is -2.19. The number of anilines is 1. The van der Waals surface area contributed by atoms with Crippen LogP contribution in [0.2, 0.25) is 0 Å². The quantitative estimate of drug-likeness (QED) is 0.700. The minimum Gasteiger partial charge on any atom is -0.383 e. The molecule has 0 radical (unpaired) electrons. The van der Waals surface area contributed by atoms with Crippen LogP contribution in [0.15, 0.2) is 29.2 Å². The average molecular weight is 254 g/mol. The number of hydrogen-bond donors (Lipinski definition) is 2. The fraction of sp³-hybridized carbons (Fsp3) is 0.538. The van der Waals surface area contributed by atoms with Crippen molar-refractivity contribution in [2.75, 3.05) is 31.8 Å². The van der Waals surface area contributed by atoms with Crippen LogP contribution < -0.4 is 11.1 Å². The maximum Gasteiger partial charge on any atom is 0.0664 e. The van der Waals surface area contributed by atoms with Gasteiger partial charge in [0.25, 0.3) is 0 Å². The van der Waals surface area contributed by atoms with E-state index in [1.165, 1.54) is 4.90 Å². The summed E-state index contributed by atoms with van der Waals surface area (Å²) >= 11 is 1.75. The van der Waals surface area contributed by atoms with E-state index in [1.54, 1.807) is 18.9 Å². The van der Waals surface area contributed by atoms with E-state index in [0.29, 0.717) is 12.6 Å². The van der Waals surface area contributed by atoms with E-state index >= 15 is 0 Å². The van der Waals surface area contributed by atoms with E-state index in [0.717, 1.165) is 25.1 Å². The third-order valence-corrected chi connectivity index (χ3v) is 3.29. The summed E-state index contributed by atoms with van der Waals surface area (Å²) in [6.45, 7) is 1.44. The van der Waals surface area contributed by atoms with Crippen molar-refractivity contribution in [3.63, 3.8) is 0 Å². The first-order valence-electron chi connectivity index (χ1n) is 5.89. The number of thioether (sulfide) groups is 1. The first-order valence-corrected chi connectivity index (χ1v) is 7.12. The molecule has 0 aliphatic carbocycles. The van der Waals surface area contributed by atoms with E-state index in [9.17, 15) is 0 Å². The lowest BCUT2D eigenvalue weighted by molar-refractivity contribution is 0.182. The Hall–Kier alpha value is -0.710. The van der Waals surface area contributed by atoms with Crippen molar-refractivity contribution in [3.8, 4) is 0 Å². The van der Waals surface area contributed by atoms with Crippen LogP contribution in [0.1, 0.15) is 12.8 Å². The van der Waals surface area contributed by atoms with Crippen LogP contribution >= 0.6 is 11.8 Å². The highest BCUT2D eigenvalue weighted by Gasteiger charge is 2.07. The standard InChI is InChI=1S/C13H22N2OS/c1-16-10-12(6-4-8-14)15-11-5-3-7-13(9-11)17-2/h3,5,7,9,12,15H,4,6,8,10,14H2,1-2H3. The Morgan fingerprint density at radius 2 is 2.29 bits per heavy atom. The van der Waals surface area contributed by atoms with Gasteiger partial charge in [0.15, 0.2) is 0 Å². The zero-order valence-electron chi connectivity index (χ0n) is 10.6. The molecule has 0 fully saturated rings. The number of benzene rings is 1. The predicted octanol–water partition coefficient (Wildman–Crippen LogP) is 2.57. The van der Waals surface area contributed by atoms with Crippen molar-refractivity contribution >= 4 is 17.4 Å². The molecule has 0 aliphatic heterocycles. The molecule has 0 spiro atoms. The molecule has 1 atom stereocenters. The lowest BCUT2D eigenvalue weighted by atomic mass is 10.1. The van der Waals surface area contributed by atoms with Gasteiger partial charge >= 0.3 is 0 Å². The molecule has 0 heterocycles. The van der Waals surface area contributed by atoms with Crippen LogP contribution in [0.4, 0.5) is 5.69 Å². The van der Waals surface area contributed by atoms with Gasteiger partial charge in [-0.2, -0.15) is 0 Å². The predicted molar refractivity (Wildman–Crippen MR) is 75.8 cm³/mol. The molecule has 1 aromatic carbocycles. The minimum absolute atomic E-state index is 0.334. The van der Waals surface area contributed by atoms with Gasteiger partial charge in [0, 0.05) is 23.7 Å². The SMILES string of the molecule is COCC(CCCN)Nc1cccc(SC)c1. The van der Waals surface area contributed by atoms with Crippen LogP contribution in [0.5, 0.6) is 0 Å². The Kier molecular flexibility index (Phi) is 7.08. The summed E-state index contributed by atoms with van der Waals surface area (Å²) in [4.78, 5) is 1.27. The molecule has 1 rings (SSSR count). The van der Waals surface area contributed by atoms with Gasteiger partial charge < -0.3 is 15.8 Å². The molecule has 0 aromatic heterocycles. The zero-order chi connectivity index (χ0) is 12.5. The second-order valence-corrected chi connectivity index (χ2v) is 4.84. The van der Waals surface area contributed by atoms with Crippen molar-refractivity contribution in [1.29, 1.82) is 0 Å². The highest BCUT2D eigenvalue weighted by molar-refractivity contribution is 7.98. The van der Waals surface area contributed by atoms with Crippen LogP contribution in [0.3, 0.4) is 0 Å². The number of methoxy groups -OCH3 is 1. The molecular formula is C13H22N2OS. The molecule has 96 valence electrons. The third-order valence-electron chi connectivity index (χ3n) is 2.57. The number of nitrogens with two attached hydrogens (primary N) is 1. The van der Waals surface area contributed by atoms with Crippen LogP contribution in [0.25, 0.3) is 0 Å². The summed E-state index contributed by atoms with van der Waals surface area (Å²) < 4.78 is 5.22. The number of hydrogen-bond acceptors (Lipinski definition) is 4.